The van der Waals surface area contributed by atoms with Crippen LogP contribution in [0.4, 0.5) is 16.2 Å². The van der Waals surface area contributed by atoms with Gasteiger partial charge in [0.15, 0.2) is 0 Å². The van der Waals surface area contributed by atoms with Crippen LogP contribution in [0.5, 0.6) is 0 Å². The van der Waals surface area contributed by atoms with Crippen LogP contribution in [-0.4, -0.2) is 32.9 Å². The predicted octanol–water partition coefficient (Wildman–Crippen LogP) is 1.57. The highest BCUT2D eigenvalue weighted by Gasteiger charge is 2.31. The summed E-state index contributed by atoms with van der Waals surface area (Å²) in [5, 5.41) is 10.4. The Kier molecular flexibility index (Phi) is 5.15. The number of carbonyl (C=O) groups is 2. The van der Waals surface area contributed by atoms with E-state index in [0.717, 1.165) is 11.3 Å². The maximum atomic E-state index is 12.2. The molecular weight excluding hydrogens is 368 g/mol. The molecule has 0 spiro atoms. The molecule has 3 rings (SSSR count). The molecule has 2 aromatic carbocycles. The van der Waals surface area contributed by atoms with Crippen LogP contribution in [0, 0.1) is 6.92 Å². The molecule has 1 aliphatic rings. The topological polar surface area (TPSA) is 122 Å². The Labute approximate surface area is 157 Å². The zero-order valence-electron chi connectivity index (χ0n) is 14.7. The van der Waals surface area contributed by atoms with Gasteiger partial charge in [-0.05, 0) is 43.3 Å². The zero-order valence-corrected chi connectivity index (χ0v) is 15.5. The molecule has 142 valence electrons. The van der Waals surface area contributed by atoms with Gasteiger partial charge in [0.2, 0.25) is 15.9 Å². The van der Waals surface area contributed by atoms with Gasteiger partial charge < -0.3 is 15.5 Å². The normalized spacial score (nSPS) is 17.0. The average Bonchev–Trinajstić information content (AvgIpc) is 2.95. The second-order valence-corrected chi connectivity index (χ2v) is 7.97. The third-order valence-corrected chi connectivity index (χ3v) is 5.18. The quantitative estimate of drug-likeness (QED) is 0.736. The van der Waals surface area contributed by atoms with E-state index in [0.29, 0.717) is 12.2 Å². The van der Waals surface area contributed by atoms with E-state index in [2.05, 4.69) is 10.6 Å². The highest BCUT2D eigenvalue weighted by molar-refractivity contribution is 7.89. The molecule has 8 nitrogen and oxygen atoms in total. The smallest absolute Gasteiger partial charge is 0.319 e. The van der Waals surface area contributed by atoms with Crippen molar-refractivity contribution in [3.8, 4) is 0 Å². The molecule has 2 aromatic rings. The van der Waals surface area contributed by atoms with E-state index in [1.165, 1.54) is 24.3 Å². The van der Waals surface area contributed by atoms with Crippen molar-refractivity contribution in [3.05, 3.63) is 54.1 Å². The third-order valence-electron chi connectivity index (χ3n) is 4.25. The molecule has 27 heavy (non-hydrogen) atoms. The molecular formula is C18H20N4O4S. The van der Waals surface area contributed by atoms with Gasteiger partial charge in [-0.25, -0.2) is 18.4 Å². The van der Waals surface area contributed by atoms with Gasteiger partial charge >= 0.3 is 6.03 Å². The molecule has 0 unspecified atom stereocenters. The van der Waals surface area contributed by atoms with Crippen LogP contribution < -0.4 is 20.7 Å². The van der Waals surface area contributed by atoms with Gasteiger partial charge in [0, 0.05) is 24.3 Å². The fourth-order valence-corrected chi connectivity index (χ4v) is 3.37. The summed E-state index contributed by atoms with van der Waals surface area (Å²) >= 11 is 0. The number of nitrogens with zero attached hydrogens (tertiary/aromatic N) is 1. The number of anilines is 2. The van der Waals surface area contributed by atoms with Crippen molar-refractivity contribution in [2.24, 2.45) is 5.14 Å². The minimum Gasteiger partial charge on any atom is -0.333 e. The number of nitrogens with two attached hydrogens (primary N) is 1. The molecule has 1 fully saturated rings. The molecule has 3 amide bonds. The number of primary sulfonamides is 1. The van der Waals surface area contributed by atoms with Crippen LogP contribution in [0.2, 0.25) is 0 Å². The fourth-order valence-electron chi connectivity index (χ4n) is 2.86. The van der Waals surface area contributed by atoms with Crippen molar-refractivity contribution >= 4 is 33.3 Å². The second-order valence-electron chi connectivity index (χ2n) is 6.41. The number of urea groups is 1. The number of carbonyl (C=O) groups excluding carboxylic acids is 2. The van der Waals surface area contributed by atoms with Gasteiger partial charge in [-0.2, -0.15) is 0 Å². The summed E-state index contributed by atoms with van der Waals surface area (Å²) in [5.74, 6) is -0.0540. The van der Waals surface area contributed by atoms with E-state index in [4.69, 9.17) is 5.14 Å². The molecule has 0 radical (unpaired) electrons. The Balaban J connectivity index is 1.58. The third kappa shape index (κ3) is 4.63. The van der Waals surface area contributed by atoms with Crippen molar-refractivity contribution in [1.29, 1.82) is 0 Å². The Morgan fingerprint density at radius 3 is 2.33 bits per heavy atom. The van der Waals surface area contributed by atoms with Crippen molar-refractivity contribution in [3.63, 3.8) is 0 Å². The SMILES string of the molecule is Cc1ccc(N2C[C@H](NC(=O)Nc3ccc(S(N)(=O)=O)cc3)CC2=O)cc1. The lowest BCUT2D eigenvalue weighted by Crippen LogP contribution is -2.39. The first kappa shape index (κ1) is 18.9. The Bertz CT molecular complexity index is 956. The van der Waals surface area contributed by atoms with Gasteiger partial charge in [0.25, 0.3) is 0 Å². The summed E-state index contributed by atoms with van der Waals surface area (Å²) in [6.45, 7) is 2.36. The van der Waals surface area contributed by atoms with E-state index < -0.39 is 16.1 Å². The predicted molar refractivity (Wildman–Crippen MR) is 102 cm³/mol. The first-order chi connectivity index (χ1) is 12.7. The molecule has 4 N–H and O–H groups in total. The number of nitrogens with one attached hydrogen (secondary N) is 2. The zero-order chi connectivity index (χ0) is 19.6. The average molecular weight is 388 g/mol. The summed E-state index contributed by atoms with van der Waals surface area (Å²) in [6.07, 6.45) is 0.214. The van der Waals surface area contributed by atoms with Crippen molar-refractivity contribution < 1.29 is 18.0 Å². The van der Waals surface area contributed by atoms with Gasteiger partial charge in [-0.1, -0.05) is 17.7 Å². The Morgan fingerprint density at radius 2 is 1.74 bits per heavy atom. The molecule has 1 atom stereocenters. The van der Waals surface area contributed by atoms with Crippen LogP contribution >= 0.6 is 0 Å². The summed E-state index contributed by atoms with van der Waals surface area (Å²) in [5.41, 5.74) is 2.32. The van der Waals surface area contributed by atoms with Gasteiger partial charge in [0.1, 0.15) is 0 Å². The molecule has 0 aliphatic carbocycles. The Hall–Kier alpha value is -2.91. The first-order valence-corrected chi connectivity index (χ1v) is 9.84. The van der Waals surface area contributed by atoms with Gasteiger partial charge in [0.05, 0.1) is 10.9 Å². The maximum absolute atomic E-state index is 12.2. The number of amides is 3. The number of aryl methyl sites for hydroxylation is 1. The van der Waals surface area contributed by atoms with Crippen LogP contribution in [0.1, 0.15) is 12.0 Å². The van der Waals surface area contributed by atoms with E-state index in [1.807, 2.05) is 31.2 Å². The fraction of sp³-hybridized carbons (Fsp3) is 0.222. The summed E-state index contributed by atoms with van der Waals surface area (Å²) < 4.78 is 22.5. The molecule has 0 saturated carbocycles. The minimum absolute atomic E-state index is 0.0383. The van der Waals surface area contributed by atoms with Crippen molar-refractivity contribution in [1.82, 2.24) is 5.32 Å². The Morgan fingerprint density at radius 1 is 1.11 bits per heavy atom. The second kappa shape index (κ2) is 7.37. The van der Waals surface area contributed by atoms with E-state index in [1.54, 1.807) is 4.90 Å². The standard InChI is InChI=1S/C18H20N4O4S/c1-12-2-6-15(7-3-12)22-11-14(10-17(22)23)21-18(24)20-13-4-8-16(9-5-13)27(19,25)26/h2-9,14H,10-11H2,1H3,(H2,19,25,26)(H2,20,21,24)/t14-/m1/s1. The minimum atomic E-state index is -3.78. The lowest BCUT2D eigenvalue weighted by atomic mass is 10.2. The highest BCUT2D eigenvalue weighted by Crippen LogP contribution is 2.22. The summed E-state index contributed by atoms with van der Waals surface area (Å²) in [4.78, 5) is 26.0. The lowest BCUT2D eigenvalue weighted by Gasteiger charge is -2.17. The number of sulfonamides is 1. The number of benzene rings is 2. The molecule has 0 aromatic heterocycles. The van der Waals surface area contributed by atoms with E-state index in [9.17, 15) is 18.0 Å². The molecule has 1 heterocycles. The maximum Gasteiger partial charge on any atom is 0.319 e. The molecule has 1 saturated heterocycles. The molecule has 0 bridgehead atoms. The number of rotatable bonds is 4. The summed E-state index contributed by atoms with van der Waals surface area (Å²) in [7, 11) is -3.78. The monoisotopic (exact) mass is 388 g/mol. The highest BCUT2D eigenvalue weighted by atomic mass is 32.2. The van der Waals surface area contributed by atoms with Crippen molar-refractivity contribution in [2.45, 2.75) is 24.3 Å². The van der Waals surface area contributed by atoms with Crippen LogP contribution in [0.3, 0.4) is 0 Å². The first-order valence-electron chi connectivity index (χ1n) is 8.30. The van der Waals surface area contributed by atoms with E-state index in [-0.39, 0.29) is 23.3 Å². The van der Waals surface area contributed by atoms with Gasteiger partial charge in [-0.15, -0.1) is 0 Å². The molecule has 1 aliphatic heterocycles. The number of hydrogen-bond acceptors (Lipinski definition) is 4. The lowest BCUT2D eigenvalue weighted by molar-refractivity contribution is -0.117. The van der Waals surface area contributed by atoms with Crippen LogP contribution in [0.15, 0.2) is 53.4 Å². The largest absolute Gasteiger partial charge is 0.333 e. The van der Waals surface area contributed by atoms with Gasteiger partial charge in [-0.3, -0.25) is 4.79 Å². The van der Waals surface area contributed by atoms with Crippen LogP contribution in [-0.2, 0) is 14.8 Å². The summed E-state index contributed by atoms with van der Waals surface area (Å²) in [6, 6.07) is 12.3. The van der Waals surface area contributed by atoms with Crippen LogP contribution in [0.25, 0.3) is 0 Å². The number of hydrogen-bond donors (Lipinski definition) is 3. The molecule has 9 heteroatoms. The van der Waals surface area contributed by atoms with E-state index >= 15 is 0 Å². The van der Waals surface area contributed by atoms with Crippen molar-refractivity contribution in [2.75, 3.05) is 16.8 Å².